The number of methoxy groups -OCH3 is 3. The average molecular weight is 494 g/mol. The standard InChI is InChI=1S/C27H24ClNO6/c1-31-22-15-25(32-2)23(26(16-22)33-3)14-21-12-13-24(35-21)27(30)29-18-6-10-20(11-7-18)34-19-8-4-17(28)5-9-19/h4-13,15-16H,14H2,1-3H3,(H,29,30). The van der Waals surface area contributed by atoms with Crippen LogP contribution in [0.3, 0.4) is 0 Å². The Kier molecular flexibility index (Phi) is 7.48. The van der Waals surface area contributed by atoms with E-state index in [-0.39, 0.29) is 11.7 Å². The summed E-state index contributed by atoms with van der Waals surface area (Å²) in [6.07, 6.45) is 0.375. The molecule has 0 saturated carbocycles. The molecule has 1 amide bonds. The zero-order chi connectivity index (χ0) is 24.8. The van der Waals surface area contributed by atoms with Crippen LogP contribution in [0.5, 0.6) is 28.7 Å². The number of ether oxygens (including phenoxy) is 4. The summed E-state index contributed by atoms with van der Waals surface area (Å²) in [5.41, 5.74) is 1.39. The molecular weight excluding hydrogens is 470 g/mol. The second kappa shape index (κ2) is 10.9. The third kappa shape index (κ3) is 5.88. The van der Waals surface area contributed by atoms with Gasteiger partial charge >= 0.3 is 0 Å². The van der Waals surface area contributed by atoms with Crippen LogP contribution in [0.1, 0.15) is 21.9 Å². The number of carbonyl (C=O) groups excluding carboxylic acids is 1. The van der Waals surface area contributed by atoms with Crippen LogP contribution in [0.4, 0.5) is 5.69 Å². The van der Waals surface area contributed by atoms with Crippen LogP contribution < -0.4 is 24.3 Å². The molecule has 180 valence electrons. The smallest absolute Gasteiger partial charge is 0.291 e. The van der Waals surface area contributed by atoms with Crippen molar-refractivity contribution in [2.45, 2.75) is 6.42 Å². The molecule has 0 aliphatic heterocycles. The highest BCUT2D eigenvalue weighted by Gasteiger charge is 2.17. The third-order valence-corrected chi connectivity index (χ3v) is 5.47. The monoisotopic (exact) mass is 493 g/mol. The molecule has 0 fully saturated rings. The molecule has 0 unspecified atom stereocenters. The van der Waals surface area contributed by atoms with E-state index in [1.165, 1.54) is 0 Å². The maximum absolute atomic E-state index is 12.7. The summed E-state index contributed by atoms with van der Waals surface area (Å²) < 4.78 is 27.8. The predicted octanol–water partition coefficient (Wildman–Crippen LogP) is 6.59. The maximum Gasteiger partial charge on any atom is 0.291 e. The number of halogens is 1. The first-order valence-electron chi connectivity index (χ1n) is 10.7. The Morgan fingerprint density at radius 3 is 1.97 bits per heavy atom. The second-order valence-corrected chi connectivity index (χ2v) is 7.92. The Morgan fingerprint density at radius 2 is 1.40 bits per heavy atom. The molecule has 1 N–H and O–H groups in total. The van der Waals surface area contributed by atoms with Crippen LogP contribution in [0.2, 0.25) is 5.02 Å². The van der Waals surface area contributed by atoms with Crippen molar-refractivity contribution in [2.24, 2.45) is 0 Å². The Hall–Kier alpha value is -4.10. The molecule has 0 aliphatic rings. The molecule has 1 heterocycles. The van der Waals surface area contributed by atoms with Gasteiger partial charge in [0.05, 0.1) is 21.3 Å². The van der Waals surface area contributed by atoms with Crippen molar-refractivity contribution in [1.82, 2.24) is 0 Å². The van der Waals surface area contributed by atoms with Crippen LogP contribution in [0.15, 0.2) is 77.2 Å². The minimum absolute atomic E-state index is 0.188. The zero-order valence-electron chi connectivity index (χ0n) is 19.5. The summed E-state index contributed by atoms with van der Waals surface area (Å²) in [6.45, 7) is 0. The quantitative estimate of drug-likeness (QED) is 0.283. The molecule has 0 radical (unpaired) electrons. The molecule has 0 aliphatic carbocycles. The van der Waals surface area contributed by atoms with Gasteiger partial charge in [0.15, 0.2) is 5.76 Å². The molecule has 0 saturated heterocycles. The number of rotatable bonds is 9. The fourth-order valence-corrected chi connectivity index (χ4v) is 3.58. The lowest BCUT2D eigenvalue weighted by atomic mass is 10.1. The number of furan rings is 1. The minimum Gasteiger partial charge on any atom is -0.496 e. The zero-order valence-corrected chi connectivity index (χ0v) is 20.2. The van der Waals surface area contributed by atoms with Crippen molar-refractivity contribution in [2.75, 3.05) is 26.6 Å². The van der Waals surface area contributed by atoms with Crippen LogP contribution in [-0.4, -0.2) is 27.2 Å². The van der Waals surface area contributed by atoms with Crippen LogP contribution >= 0.6 is 11.6 Å². The average Bonchev–Trinajstić information content (AvgIpc) is 3.35. The summed E-state index contributed by atoms with van der Waals surface area (Å²) in [4.78, 5) is 12.7. The molecule has 4 aromatic rings. The van der Waals surface area contributed by atoms with Crippen molar-refractivity contribution in [3.8, 4) is 28.7 Å². The molecule has 3 aromatic carbocycles. The maximum atomic E-state index is 12.7. The number of nitrogens with one attached hydrogen (secondary N) is 1. The van der Waals surface area contributed by atoms with Crippen LogP contribution in [-0.2, 0) is 6.42 Å². The lowest BCUT2D eigenvalue weighted by Gasteiger charge is -2.14. The van der Waals surface area contributed by atoms with E-state index in [4.69, 9.17) is 35.0 Å². The summed E-state index contributed by atoms with van der Waals surface area (Å²) >= 11 is 5.90. The van der Waals surface area contributed by atoms with Gasteiger partial charge in [-0.15, -0.1) is 0 Å². The van der Waals surface area contributed by atoms with E-state index < -0.39 is 0 Å². The Labute approximate surface area is 208 Å². The van der Waals surface area contributed by atoms with E-state index in [1.807, 2.05) is 0 Å². The molecule has 1 aromatic heterocycles. The van der Waals surface area contributed by atoms with Gasteiger partial charge in [-0.25, -0.2) is 0 Å². The number of amides is 1. The summed E-state index contributed by atoms with van der Waals surface area (Å²) in [5, 5.41) is 3.46. The van der Waals surface area contributed by atoms with E-state index in [0.717, 1.165) is 5.56 Å². The van der Waals surface area contributed by atoms with Gasteiger partial charge in [-0.3, -0.25) is 4.79 Å². The third-order valence-electron chi connectivity index (χ3n) is 5.22. The highest BCUT2D eigenvalue weighted by molar-refractivity contribution is 6.30. The lowest BCUT2D eigenvalue weighted by molar-refractivity contribution is 0.0995. The molecule has 0 bridgehead atoms. The molecule has 4 rings (SSSR count). The van der Waals surface area contributed by atoms with Crippen molar-refractivity contribution in [1.29, 1.82) is 0 Å². The first-order valence-corrected chi connectivity index (χ1v) is 11.1. The van der Waals surface area contributed by atoms with E-state index in [0.29, 0.717) is 51.6 Å². The summed E-state index contributed by atoms with van der Waals surface area (Å²) in [7, 11) is 4.72. The van der Waals surface area contributed by atoms with E-state index in [2.05, 4.69) is 5.32 Å². The topological polar surface area (TPSA) is 79.2 Å². The fraction of sp³-hybridized carbons (Fsp3) is 0.148. The molecule has 0 atom stereocenters. The van der Waals surface area contributed by atoms with E-state index in [9.17, 15) is 4.79 Å². The molecular formula is C27H24ClNO6. The van der Waals surface area contributed by atoms with E-state index in [1.54, 1.807) is 94.1 Å². The van der Waals surface area contributed by atoms with Crippen molar-refractivity contribution in [3.63, 3.8) is 0 Å². The van der Waals surface area contributed by atoms with E-state index >= 15 is 0 Å². The minimum atomic E-state index is -0.365. The van der Waals surface area contributed by atoms with Gasteiger partial charge in [0, 0.05) is 34.8 Å². The van der Waals surface area contributed by atoms with Gasteiger partial charge in [-0.2, -0.15) is 0 Å². The Balaban J connectivity index is 1.42. The van der Waals surface area contributed by atoms with Gasteiger partial charge in [0.1, 0.15) is 34.5 Å². The largest absolute Gasteiger partial charge is 0.496 e. The Bertz CT molecular complexity index is 1270. The summed E-state index contributed by atoms with van der Waals surface area (Å²) in [5.74, 6) is 3.53. The highest BCUT2D eigenvalue weighted by atomic mass is 35.5. The number of carbonyl (C=O) groups is 1. The lowest BCUT2D eigenvalue weighted by Crippen LogP contribution is -2.10. The first kappa shape index (κ1) is 24.0. The number of hydrogen-bond donors (Lipinski definition) is 1. The van der Waals surface area contributed by atoms with Gasteiger partial charge in [0.2, 0.25) is 0 Å². The van der Waals surface area contributed by atoms with Gasteiger partial charge in [0.25, 0.3) is 5.91 Å². The van der Waals surface area contributed by atoms with Gasteiger partial charge in [-0.05, 0) is 60.7 Å². The summed E-state index contributed by atoms with van der Waals surface area (Å²) in [6, 6.07) is 21.0. The van der Waals surface area contributed by atoms with Crippen molar-refractivity contribution < 1.29 is 28.2 Å². The molecule has 35 heavy (non-hydrogen) atoms. The first-order chi connectivity index (χ1) is 17.0. The Morgan fingerprint density at radius 1 is 0.800 bits per heavy atom. The number of benzene rings is 3. The normalized spacial score (nSPS) is 10.5. The fourth-order valence-electron chi connectivity index (χ4n) is 3.46. The SMILES string of the molecule is COc1cc(OC)c(Cc2ccc(C(=O)Nc3ccc(Oc4ccc(Cl)cc4)cc3)o2)c(OC)c1. The highest BCUT2D eigenvalue weighted by Crippen LogP contribution is 2.36. The van der Waals surface area contributed by atoms with Crippen LogP contribution in [0.25, 0.3) is 0 Å². The second-order valence-electron chi connectivity index (χ2n) is 7.49. The molecule has 8 heteroatoms. The molecule has 7 nitrogen and oxygen atoms in total. The number of anilines is 1. The van der Waals surface area contributed by atoms with Crippen molar-refractivity contribution in [3.05, 3.63) is 94.9 Å². The van der Waals surface area contributed by atoms with Crippen molar-refractivity contribution >= 4 is 23.2 Å². The van der Waals surface area contributed by atoms with Crippen LogP contribution in [0, 0.1) is 0 Å². The number of hydrogen-bond acceptors (Lipinski definition) is 6. The predicted molar refractivity (Wildman–Crippen MR) is 134 cm³/mol. The van der Waals surface area contributed by atoms with Gasteiger partial charge in [-0.1, -0.05) is 11.6 Å². The molecule has 0 spiro atoms. The van der Waals surface area contributed by atoms with Gasteiger partial charge < -0.3 is 28.7 Å².